The first-order chi connectivity index (χ1) is 16.3. The predicted octanol–water partition coefficient (Wildman–Crippen LogP) is 2.51. The Labute approximate surface area is 200 Å². The highest BCUT2D eigenvalue weighted by atomic mass is 32.2. The molecule has 1 aromatic carbocycles. The lowest BCUT2D eigenvalue weighted by atomic mass is 9.83. The number of aromatic amines is 1. The molecular weight excluding hydrogens is 460 g/mol. The quantitative estimate of drug-likeness (QED) is 0.325. The van der Waals surface area contributed by atoms with Crippen molar-refractivity contribution in [3.8, 4) is 17.6 Å². The number of carbonyl (C=O) groups excluding carboxylic acids is 1. The van der Waals surface area contributed by atoms with Gasteiger partial charge in [-0.05, 0) is 31.5 Å². The fourth-order valence-electron chi connectivity index (χ4n) is 3.48. The Morgan fingerprint density at radius 1 is 1.29 bits per heavy atom. The number of hydrogen-bond donors (Lipinski definition) is 2. The smallest absolute Gasteiger partial charge is 0.338 e. The van der Waals surface area contributed by atoms with Crippen LogP contribution in [0.2, 0.25) is 0 Å². The van der Waals surface area contributed by atoms with Crippen LogP contribution >= 0.6 is 11.8 Å². The van der Waals surface area contributed by atoms with Crippen LogP contribution in [0.3, 0.4) is 0 Å². The number of thioether (sulfide) groups is 1. The maximum atomic E-state index is 13.1. The molecule has 0 radical (unpaired) electrons. The van der Waals surface area contributed by atoms with Crippen molar-refractivity contribution in [1.29, 1.82) is 5.26 Å². The summed E-state index contributed by atoms with van der Waals surface area (Å²) in [5.41, 5.74) is 7.10. The van der Waals surface area contributed by atoms with Gasteiger partial charge in [0.05, 0.1) is 38.1 Å². The zero-order valence-corrected chi connectivity index (χ0v) is 19.9. The van der Waals surface area contributed by atoms with Crippen molar-refractivity contribution in [2.75, 3.05) is 26.6 Å². The summed E-state index contributed by atoms with van der Waals surface area (Å²) in [4.78, 5) is 31.8. The summed E-state index contributed by atoms with van der Waals surface area (Å²) in [6.45, 7) is 3.50. The van der Waals surface area contributed by atoms with E-state index in [1.165, 1.54) is 20.3 Å². The molecule has 0 amide bonds. The molecule has 0 aliphatic carbocycles. The van der Waals surface area contributed by atoms with Gasteiger partial charge in [-0.2, -0.15) is 5.26 Å². The minimum Gasteiger partial charge on any atom is -0.493 e. The first-order valence-electron chi connectivity index (χ1n) is 10.2. The third-order valence-corrected chi connectivity index (χ3v) is 5.79. The summed E-state index contributed by atoms with van der Waals surface area (Å²) < 4.78 is 21.7. The zero-order valence-electron chi connectivity index (χ0n) is 19.1. The molecule has 1 atom stereocenters. The number of hydrogen-bond acceptors (Lipinski definition) is 10. The molecule has 0 saturated heterocycles. The SMILES string of the molecule is CCOC(=O)C1=C(CSc2nc(C)cc(=O)[nH]2)OC(N)=C(C#N)[C@@H]1c1ccc(OC)c(OC)c1. The van der Waals surface area contributed by atoms with E-state index in [0.29, 0.717) is 27.9 Å². The van der Waals surface area contributed by atoms with E-state index in [9.17, 15) is 14.9 Å². The van der Waals surface area contributed by atoms with Gasteiger partial charge in [0.15, 0.2) is 16.7 Å². The molecule has 1 aliphatic heterocycles. The molecule has 0 bridgehead atoms. The van der Waals surface area contributed by atoms with Gasteiger partial charge < -0.3 is 29.7 Å². The Morgan fingerprint density at radius 2 is 2.03 bits per heavy atom. The minimum absolute atomic E-state index is 0.0612. The molecule has 2 aromatic rings. The van der Waals surface area contributed by atoms with E-state index in [4.69, 9.17) is 24.7 Å². The number of nitrogens with zero attached hydrogens (tertiary/aromatic N) is 2. The zero-order chi connectivity index (χ0) is 24.8. The number of benzene rings is 1. The molecule has 0 fully saturated rings. The van der Waals surface area contributed by atoms with Gasteiger partial charge in [0.1, 0.15) is 17.4 Å². The number of carbonyl (C=O) groups is 1. The first kappa shape index (κ1) is 24.7. The third-order valence-electron chi connectivity index (χ3n) is 4.92. The Hall–Kier alpha value is -3.91. The number of methoxy groups -OCH3 is 2. The van der Waals surface area contributed by atoms with Gasteiger partial charge in [-0.1, -0.05) is 17.8 Å². The summed E-state index contributed by atoms with van der Waals surface area (Å²) in [7, 11) is 2.99. The van der Waals surface area contributed by atoms with Crippen molar-refractivity contribution in [2.24, 2.45) is 5.73 Å². The van der Waals surface area contributed by atoms with E-state index in [2.05, 4.69) is 16.0 Å². The van der Waals surface area contributed by atoms with Crippen LogP contribution in [0.4, 0.5) is 0 Å². The second-order valence-electron chi connectivity index (χ2n) is 7.08. The van der Waals surface area contributed by atoms with Crippen LogP contribution in [-0.2, 0) is 14.3 Å². The van der Waals surface area contributed by atoms with Crippen LogP contribution in [0.1, 0.15) is 24.1 Å². The highest BCUT2D eigenvalue weighted by Gasteiger charge is 2.38. The van der Waals surface area contributed by atoms with Crippen LogP contribution in [0.5, 0.6) is 11.5 Å². The average Bonchev–Trinajstić information content (AvgIpc) is 2.81. The van der Waals surface area contributed by atoms with E-state index >= 15 is 0 Å². The number of nitriles is 1. The summed E-state index contributed by atoms with van der Waals surface area (Å²) in [5.74, 6) is -0.435. The Bertz CT molecular complexity index is 1260. The van der Waals surface area contributed by atoms with Gasteiger partial charge in [-0.3, -0.25) is 4.79 Å². The molecule has 2 heterocycles. The number of aryl methyl sites for hydroxylation is 1. The number of nitrogens with two attached hydrogens (primary N) is 1. The number of rotatable bonds is 8. The van der Waals surface area contributed by atoms with Gasteiger partial charge in [0.25, 0.3) is 5.56 Å². The maximum absolute atomic E-state index is 13.1. The Balaban J connectivity index is 2.13. The van der Waals surface area contributed by atoms with Crippen molar-refractivity contribution in [1.82, 2.24) is 9.97 Å². The third kappa shape index (κ3) is 5.18. The van der Waals surface area contributed by atoms with E-state index < -0.39 is 11.9 Å². The van der Waals surface area contributed by atoms with Crippen LogP contribution < -0.4 is 20.8 Å². The lowest BCUT2D eigenvalue weighted by Gasteiger charge is -2.28. The lowest BCUT2D eigenvalue weighted by Crippen LogP contribution is -2.27. The standard InChI is InChI=1S/C23H24N4O6S/c1-5-32-22(29)20-17(11-34-23-26-12(2)8-18(28)27-23)33-21(25)14(10-24)19(20)13-6-7-15(30-3)16(9-13)31-4/h6-9,19H,5,11,25H2,1-4H3,(H,26,27,28)/t19-/m0/s1. The fraction of sp³-hybridized carbons (Fsp3) is 0.304. The normalized spacial score (nSPS) is 15.4. The van der Waals surface area contributed by atoms with Crippen molar-refractivity contribution in [2.45, 2.75) is 24.9 Å². The van der Waals surface area contributed by atoms with Crippen LogP contribution in [0, 0.1) is 18.3 Å². The van der Waals surface area contributed by atoms with Crippen molar-refractivity contribution >= 4 is 17.7 Å². The van der Waals surface area contributed by atoms with Gasteiger partial charge in [0.2, 0.25) is 5.88 Å². The Morgan fingerprint density at radius 3 is 2.65 bits per heavy atom. The summed E-state index contributed by atoms with van der Waals surface area (Å²) in [6, 6.07) is 8.48. The summed E-state index contributed by atoms with van der Waals surface area (Å²) in [6.07, 6.45) is 0. The van der Waals surface area contributed by atoms with Gasteiger partial charge in [-0.15, -0.1) is 0 Å². The largest absolute Gasteiger partial charge is 0.493 e. The molecule has 3 N–H and O–H groups in total. The van der Waals surface area contributed by atoms with Crippen molar-refractivity contribution in [3.63, 3.8) is 0 Å². The molecule has 1 aliphatic rings. The van der Waals surface area contributed by atoms with Crippen molar-refractivity contribution < 1.29 is 23.7 Å². The number of H-pyrrole nitrogens is 1. The maximum Gasteiger partial charge on any atom is 0.338 e. The average molecular weight is 485 g/mol. The van der Waals surface area contributed by atoms with E-state index in [1.807, 2.05) is 0 Å². The summed E-state index contributed by atoms with van der Waals surface area (Å²) in [5, 5.41) is 10.2. The monoisotopic (exact) mass is 484 g/mol. The number of allylic oxidation sites excluding steroid dienone is 1. The highest BCUT2D eigenvalue weighted by molar-refractivity contribution is 7.99. The van der Waals surface area contributed by atoms with E-state index in [1.54, 1.807) is 32.0 Å². The van der Waals surface area contributed by atoms with Crippen LogP contribution in [0.15, 0.2) is 57.0 Å². The minimum atomic E-state index is -0.863. The number of ether oxygens (including phenoxy) is 4. The first-order valence-corrected chi connectivity index (χ1v) is 11.2. The van der Waals surface area contributed by atoms with Gasteiger partial charge >= 0.3 is 5.97 Å². The predicted molar refractivity (Wildman–Crippen MR) is 124 cm³/mol. The molecule has 11 heteroatoms. The topological polar surface area (TPSA) is 150 Å². The number of nitrogens with one attached hydrogen (secondary N) is 1. The number of esters is 1. The highest BCUT2D eigenvalue weighted by Crippen LogP contribution is 2.43. The van der Waals surface area contributed by atoms with Crippen LogP contribution in [-0.4, -0.2) is 42.5 Å². The molecular formula is C23H24N4O6S. The van der Waals surface area contributed by atoms with E-state index in [0.717, 1.165) is 11.8 Å². The molecule has 178 valence electrons. The second-order valence-corrected chi connectivity index (χ2v) is 8.04. The van der Waals surface area contributed by atoms with Gasteiger partial charge in [-0.25, -0.2) is 9.78 Å². The Kier molecular flexibility index (Phi) is 7.86. The van der Waals surface area contributed by atoms with Gasteiger partial charge in [0, 0.05) is 11.8 Å². The molecule has 0 unspecified atom stereocenters. The molecule has 10 nitrogen and oxygen atoms in total. The molecule has 0 saturated carbocycles. The number of aromatic nitrogens is 2. The molecule has 0 spiro atoms. The second kappa shape index (κ2) is 10.8. The van der Waals surface area contributed by atoms with Crippen molar-refractivity contribution in [3.05, 3.63) is 68.7 Å². The summed E-state index contributed by atoms with van der Waals surface area (Å²) >= 11 is 1.15. The fourth-order valence-corrected chi connectivity index (χ4v) is 4.34. The van der Waals surface area contributed by atoms with Crippen LogP contribution in [0.25, 0.3) is 0 Å². The molecule has 34 heavy (non-hydrogen) atoms. The lowest BCUT2D eigenvalue weighted by molar-refractivity contribution is -0.139. The molecule has 1 aromatic heterocycles. The molecule has 3 rings (SSSR count). The van der Waals surface area contributed by atoms with E-state index in [-0.39, 0.29) is 40.7 Å².